The summed E-state index contributed by atoms with van der Waals surface area (Å²) in [5.41, 5.74) is -0.262. The molecule has 0 saturated carbocycles. The Kier molecular flexibility index (Phi) is 4.77. The molecule has 1 aliphatic rings. The Balaban J connectivity index is 1.84. The lowest BCUT2D eigenvalue weighted by Crippen LogP contribution is -2.29. The smallest absolute Gasteiger partial charge is 0.269 e. The number of ketones is 1. The molecule has 7 heteroatoms. The zero-order valence-corrected chi connectivity index (χ0v) is 19.0. The summed E-state index contributed by atoms with van der Waals surface area (Å²) in [7, 11) is -0.320. The fourth-order valence-electron chi connectivity index (χ4n) is 4.34. The van der Waals surface area contributed by atoms with Crippen LogP contribution < -0.4 is 4.90 Å². The number of nitrogens with zero attached hydrogens (tertiary/aromatic N) is 2. The SMILES string of the molecule is CN(C)c1ccc(S(=O)(=O)n2c(C3(O)C=CC(=O)C=C3)cc3ccccc32)c2ccccc12. The molecule has 0 atom stereocenters. The number of fused-ring (bicyclic) bond motifs is 2. The lowest BCUT2D eigenvalue weighted by molar-refractivity contribution is -0.110. The summed E-state index contributed by atoms with van der Waals surface area (Å²) >= 11 is 0. The van der Waals surface area contributed by atoms with Crippen molar-refractivity contribution < 1.29 is 18.3 Å². The molecule has 6 nitrogen and oxygen atoms in total. The molecule has 0 unspecified atom stereocenters. The van der Waals surface area contributed by atoms with Crippen LogP contribution in [-0.2, 0) is 20.4 Å². The summed E-state index contributed by atoms with van der Waals surface area (Å²) in [4.78, 5) is 13.7. The maximum absolute atomic E-state index is 14.2. The predicted molar refractivity (Wildman–Crippen MR) is 130 cm³/mol. The quantitative estimate of drug-likeness (QED) is 0.500. The number of carbonyl (C=O) groups is 1. The molecule has 0 saturated heterocycles. The number of aromatic nitrogens is 1. The van der Waals surface area contributed by atoms with Crippen molar-refractivity contribution in [2.75, 3.05) is 19.0 Å². The van der Waals surface area contributed by atoms with Crippen LogP contribution in [0.15, 0.2) is 95.9 Å². The van der Waals surface area contributed by atoms with Gasteiger partial charge in [0.05, 0.1) is 16.1 Å². The van der Waals surface area contributed by atoms with E-state index in [0.717, 1.165) is 11.1 Å². The molecule has 0 bridgehead atoms. The van der Waals surface area contributed by atoms with Crippen LogP contribution in [0.4, 0.5) is 5.69 Å². The van der Waals surface area contributed by atoms with Gasteiger partial charge in [-0.3, -0.25) is 4.79 Å². The Morgan fingerprint density at radius 2 is 1.52 bits per heavy atom. The van der Waals surface area contributed by atoms with E-state index >= 15 is 0 Å². The molecule has 1 N–H and O–H groups in total. The summed E-state index contributed by atoms with van der Waals surface area (Å²) < 4.78 is 29.6. The molecule has 0 spiro atoms. The highest BCUT2D eigenvalue weighted by Gasteiger charge is 2.35. The molecule has 1 aromatic heterocycles. The van der Waals surface area contributed by atoms with E-state index in [1.807, 2.05) is 37.2 Å². The average Bonchev–Trinajstić information content (AvgIpc) is 3.21. The van der Waals surface area contributed by atoms with Crippen LogP contribution in [0.5, 0.6) is 0 Å². The Bertz CT molecular complexity index is 1580. The number of para-hydroxylation sites is 1. The van der Waals surface area contributed by atoms with Crippen LogP contribution in [0.25, 0.3) is 21.7 Å². The zero-order chi connectivity index (χ0) is 23.4. The minimum atomic E-state index is -4.14. The maximum atomic E-state index is 14.2. The second-order valence-electron chi connectivity index (χ2n) is 8.28. The highest BCUT2D eigenvalue weighted by Crippen LogP contribution is 2.38. The van der Waals surface area contributed by atoms with Crippen molar-refractivity contribution in [2.24, 2.45) is 0 Å². The number of benzene rings is 3. The molecule has 1 aliphatic carbocycles. The summed E-state index contributed by atoms with van der Waals surface area (Å²) in [5.74, 6) is -0.268. The van der Waals surface area contributed by atoms with E-state index in [2.05, 4.69) is 0 Å². The van der Waals surface area contributed by atoms with Crippen molar-refractivity contribution in [2.45, 2.75) is 10.5 Å². The molecule has 1 heterocycles. The van der Waals surface area contributed by atoms with Gasteiger partial charge in [0, 0.05) is 35.9 Å². The van der Waals surface area contributed by atoms with Crippen molar-refractivity contribution in [1.29, 1.82) is 0 Å². The lowest BCUT2D eigenvalue weighted by Gasteiger charge is -2.25. The predicted octanol–water partition coefficient (Wildman–Crippen LogP) is 3.98. The van der Waals surface area contributed by atoms with E-state index < -0.39 is 15.6 Å². The first-order valence-electron chi connectivity index (χ1n) is 10.4. The molecule has 0 fully saturated rings. The molecule has 166 valence electrons. The van der Waals surface area contributed by atoms with Crippen molar-refractivity contribution in [3.8, 4) is 0 Å². The number of carbonyl (C=O) groups excluding carboxylic acids is 1. The molecule has 3 aromatic carbocycles. The largest absolute Gasteiger partial charge is 0.377 e. The van der Waals surface area contributed by atoms with Crippen molar-refractivity contribution >= 4 is 43.2 Å². The van der Waals surface area contributed by atoms with E-state index in [9.17, 15) is 18.3 Å². The molecular formula is C26H22N2O4S. The van der Waals surface area contributed by atoms with Gasteiger partial charge in [-0.1, -0.05) is 42.5 Å². The molecule has 33 heavy (non-hydrogen) atoms. The van der Waals surface area contributed by atoms with E-state index in [1.54, 1.807) is 48.5 Å². The third kappa shape index (κ3) is 3.28. The fraction of sp³-hybridized carbons (Fsp3) is 0.115. The minimum Gasteiger partial charge on any atom is -0.377 e. The monoisotopic (exact) mass is 458 g/mol. The molecule has 0 amide bonds. The Labute approximate surface area is 191 Å². The van der Waals surface area contributed by atoms with Gasteiger partial charge in [-0.05, 0) is 48.6 Å². The number of hydrogen-bond acceptors (Lipinski definition) is 5. The second-order valence-corrected chi connectivity index (χ2v) is 10.0. The number of rotatable bonds is 4. The Morgan fingerprint density at radius 1 is 0.879 bits per heavy atom. The highest BCUT2D eigenvalue weighted by molar-refractivity contribution is 7.90. The van der Waals surface area contributed by atoms with Gasteiger partial charge in [0.2, 0.25) is 0 Å². The standard InChI is InChI=1S/C26H22N2O4S/c1-27(2)23-11-12-24(21-9-5-4-8-20(21)23)33(31,32)28-22-10-6-3-7-18(22)17-25(28)26(30)15-13-19(29)14-16-26/h3-17,30H,1-2H3. The normalized spacial score (nSPS) is 15.4. The molecule has 0 radical (unpaired) electrons. The average molecular weight is 459 g/mol. The Morgan fingerprint density at radius 3 is 2.21 bits per heavy atom. The lowest BCUT2D eigenvalue weighted by atomic mass is 9.94. The van der Waals surface area contributed by atoms with Crippen molar-refractivity contribution in [3.05, 3.63) is 96.7 Å². The second kappa shape index (κ2) is 7.43. The summed E-state index contributed by atoms with van der Waals surface area (Å²) in [5, 5.41) is 13.4. The summed E-state index contributed by atoms with van der Waals surface area (Å²) in [6.45, 7) is 0. The van der Waals surface area contributed by atoms with Gasteiger partial charge in [-0.15, -0.1) is 0 Å². The highest BCUT2D eigenvalue weighted by atomic mass is 32.2. The first kappa shape index (κ1) is 21.2. The van der Waals surface area contributed by atoms with Crippen LogP contribution >= 0.6 is 0 Å². The van der Waals surface area contributed by atoms with Crippen LogP contribution in [0.3, 0.4) is 0 Å². The van der Waals surface area contributed by atoms with Gasteiger partial charge in [0.1, 0.15) is 5.60 Å². The first-order valence-corrected chi connectivity index (χ1v) is 11.9. The van der Waals surface area contributed by atoms with Crippen molar-refractivity contribution in [3.63, 3.8) is 0 Å². The van der Waals surface area contributed by atoms with E-state index in [1.165, 1.54) is 28.3 Å². The zero-order valence-electron chi connectivity index (χ0n) is 18.1. The number of allylic oxidation sites excluding steroid dienone is 2. The van der Waals surface area contributed by atoms with Gasteiger partial charge in [0.15, 0.2) is 5.78 Å². The van der Waals surface area contributed by atoms with Crippen LogP contribution in [-0.4, -0.2) is 37.4 Å². The van der Waals surface area contributed by atoms with Crippen LogP contribution in [0.1, 0.15) is 5.69 Å². The van der Waals surface area contributed by atoms with E-state index in [4.69, 9.17) is 0 Å². The van der Waals surface area contributed by atoms with Gasteiger partial charge < -0.3 is 10.0 Å². The van der Waals surface area contributed by atoms with Crippen molar-refractivity contribution in [1.82, 2.24) is 3.97 Å². The summed E-state index contributed by atoms with van der Waals surface area (Å²) in [6.07, 6.45) is 5.14. The molecule has 0 aliphatic heterocycles. The van der Waals surface area contributed by atoms with E-state index in [0.29, 0.717) is 16.3 Å². The van der Waals surface area contributed by atoms with Gasteiger partial charge >= 0.3 is 0 Å². The third-order valence-electron chi connectivity index (χ3n) is 5.94. The third-order valence-corrected chi connectivity index (χ3v) is 7.73. The molecule has 4 aromatic rings. The topological polar surface area (TPSA) is 79.6 Å². The minimum absolute atomic E-state index is 0.134. The van der Waals surface area contributed by atoms with Crippen LogP contribution in [0.2, 0.25) is 0 Å². The van der Waals surface area contributed by atoms with Gasteiger partial charge in [-0.25, -0.2) is 12.4 Å². The first-order chi connectivity index (χ1) is 15.7. The Hall–Kier alpha value is -3.68. The maximum Gasteiger partial charge on any atom is 0.269 e. The summed E-state index contributed by atoms with van der Waals surface area (Å²) in [6, 6.07) is 19.5. The number of aliphatic hydroxyl groups is 1. The molecule has 5 rings (SSSR count). The van der Waals surface area contributed by atoms with E-state index in [-0.39, 0.29) is 16.4 Å². The van der Waals surface area contributed by atoms with Crippen LogP contribution in [0, 0.1) is 0 Å². The fourth-order valence-corrected chi connectivity index (χ4v) is 6.11. The van der Waals surface area contributed by atoms with Gasteiger partial charge in [0.25, 0.3) is 10.0 Å². The molecular weight excluding hydrogens is 436 g/mol. The number of hydrogen-bond donors (Lipinski definition) is 1. The number of anilines is 1. The van der Waals surface area contributed by atoms with Gasteiger partial charge in [-0.2, -0.15) is 0 Å².